The highest BCUT2D eigenvalue weighted by molar-refractivity contribution is 6.42. The first-order chi connectivity index (χ1) is 9.74. The van der Waals surface area contributed by atoms with Gasteiger partial charge in [0.05, 0.1) is 5.52 Å². The topological polar surface area (TPSA) is 71.4 Å². The van der Waals surface area contributed by atoms with E-state index in [4.69, 9.17) is 0 Å². The Hall–Kier alpha value is -2.82. The van der Waals surface area contributed by atoms with Crippen molar-refractivity contribution in [1.82, 2.24) is 10.3 Å². The molecule has 5 heteroatoms. The molecule has 2 heterocycles. The third-order valence-corrected chi connectivity index (χ3v) is 2.94. The molecule has 0 saturated heterocycles. The van der Waals surface area contributed by atoms with Crippen LogP contribution in [-0.4, -0.2) is 22.5 Å². The van der Waals surface area contributed by atoms with Crippen LogP contribution in [0.15, 0.2) is 53.7 Å². The molecular weight excluding hydrogens is 254 g/mol. The highest BCUT2D eigenvalue weighted by Crippen LogP contribution is 2.11. The molecule has 20 heavy (non-hydrogen) atoms. The van der Waals surface area contributed by atoms with Gasteiger partial charge in [-0.25, -0.2) is 9.98 Å². The molecule has 1 aromatic heterocycles. The number of hydrogen-bond acceptors (Lipinski definition) is 4. The van der Waals surface area contributed by atoms with Crippen molar-refractivity contribution in [3.05, 3.63) is 54.4 Å². The van der Waals surface area contributed by atoms with E-state index in [1.165, 1.54) is 6.20 Å². The SMILES string of the molecule is O=C1CC=CN=C1NC(=O)c1ccc2ccccc2n1. The van der Waals surface area contributed by atoms with Crippen LogP contribution in [0.5, 0.6) is 0 Å². The minimum Gasteiger partial charge on any atom is -0.302 e. The summed E-state index contributed by atoms with van der Waals surface area (Å²) < 4.78 is 0. The maximum Gasteiger partial charge on any atom is 0.275 e. The lowest BCUT2D eigenvalue weighted by Gasteiger charge is -2.08. The van der Waals surface area contributed by atoms with Crippen LogP contribution in [0.2, 0.25) is 0 Å². The summed E-state index contributed by atoms with van der Waals surface area (Å²) in [5.41, 5.74) is 0.991. The minimum atomic E-state index is -0.432. The number of aliphatic imine (C=N–C) groups is 1. The molecule has 1 N–H and O–H groups in total. The van der Waals surface area contributed by atoms with Gasteiger partial charge in [0.15, 0.2) is 5.84 Å². The van der Waals surface area contributed by atoms with Crippen LogP contribution in [0.1, 0.15) is 16.9 Å². The summed E-state index contributed by atoms with van der Waals surface area (Å²) in [6, 6.07) is 11.0. The number of pyridine rings is 1. The molecule has 0 unspecified atom stereocenters. The third-order valence-electron chi connectivity index (χ3n) is 2.94. The molecule has 0 saturated carbocycles. The summed E-state index contributed by atoms with van der Waals surface area (Å²) in [6.45, 7) is 0. The number of fused-ring (bicyclic) bond motifs is 1. The van der Waals surface area contributed by atoms with Gasteiger partial charge < -0.3 is 5.32 Å². The van der Waals surface area contributed by atoms with Crippen LogP contribution in [0, 0.1) is 0 Å². The molecule has 0 radical (unpaired) electrons. The molecule has 0 spiro atoms. The fourth-order valence-corrected chi connectivity index (χ4v) is 1.92. The van der Waals surface area contributed by atoms with Crippen molar-refractivity contribution >= 4 is 28.4 Å². The summed E-state index contributed by atoms with van der Waals surface area (Å²) in [7, 11) is 0. The van der Waals surface area contributed by atoms with Gasteiger partial charge in [-0.05, 0) is 12.1 Å². The number of amides is 1. The lowest BCUT2D eigenvalue weighted by atomic mass is 10.2. The molecule has 0 aliphatic carbocycles. The van der Waals surface area contributed by atoms with Crippen molar-refractivity contribution in [2.24, 2.45) is 4.99 Å². The fourth-order valence-electron chi connectivity index (χ4n) is 1.92. The van der Waals surface area contributed by atoms with Gasteiger partial charge in [-0.1, -0.05) is 30.3 Å². The molecule has 0 bridgehead atoms. The van der Waals surface area contributed by atoms with Crippen LogP contribution in [0.4, 0.5) is 0 Å². The normalized spacial score (nSPS) is 14.2. The lowest BCUT2D eigenvalue weighted by molar-refractivity contribution is -0.112. The van der Waals surface area contributed by atoms with E-state index in [-0.39, 0.29) is 23.7 Å². The van der Waals surface area contributed by atoms with Gasteiger partial charge >= 0.3 is 0 Å². The number of carbonyl (C=O) groups excluding carboxylic acids is 2. The van der Waals surface area contributed by atoms with E-state index in [2.05, 4.69) is 15.3 Å². The maximum atomic E-state index is 12.1. The number of carbonyl (C=O) groups is 2. The zero-order valence-corrected chi connectivity index (χ0v) is 10.5. The van der Waals surface area contributed by atoms with Crippen molar-refractivity contribution in [2.45, 2.75) is 6.42 Å². The Morgan fingerprint density at radius 1 is 1.15 bits per heavy atom. The Kier molecular flexibility index (Phi) is 3.09. The Morgan fingerprint density at radius 2 is 2.00 bits per heavy atom. The lowest BCUT2D eigenvalue weighted by Crippen LogP contribution is -2.37. The van der Waals surface area contributed by atoms with E-state index in [0.29, 0.717) is 0 Å². The van der Waals surface area contributed by atoms with Gasteiger partial charge in [0.2, 0.25) is 5.78 Å². The van der Waals surface area contributed by atoms with Crippen molar-refractivity contribution in [1.29, 1.82) is 0 Å². The first-order valence-corrected chi connectivity index (χ1v) is 6.17. The Balaban J connectivity index is 1.87. The molecular formula is C15H11N3O2. The fraction of sp³-hybridized carbons (Fsp3) is 0.0667. The van der Waals surface area contributed by atoms with E-state index < -0.39 is 5.91 Å². The number of allylic oxidation sites excluding steroid dienone is 1. The summed E-state index contributed by atoms with van der Waals surface area (Å²) in [5, 5.41) is 3.45. The highest BCUT2D eigenvalue weighted by Gasteiger charge is 2.17. The summed E-state index contributed by atoms with van der Waals surface area (Å²) >= 11 is 0. The number of benzene rings is 1. The second kappa shape index (κ2) is 5.05. The molecule has 98 valence electrons. The largest absolute Gasteiger partial charge is 0.302 e. The van der Waals surface area contributed by atoms with Crippen molar-refractivity contribution < 1.29 is 9.59 Å². The first-order valence-electron chi connectivity index (χ1n) is 6.17. The molecule has 0 atom stereocenters. The number of rotatable bonds is 1. The van der Waals surface area contributed by atoms with Crippen molar-refractivity contribution in [3.8, 4) is 0 Å². The first kappa shape index (κ1) is 12.2. The van der Waals surface area contributed by atoms with Gasteiger partial charge in [0.25, 0.3) is 5.91 Å². The van der Waals surface area contributed by atoms with Gasteiger partial charge in [0, 0.05) is 18.0 Å². The number of Topliss-reactive ketones (excluding diaryl/α,β-unsaturated/α-hetero) is 1. The van der Waals surface area contributed by atoms with Crippen LogP contribution < -0.4 is 5.32 Å². The smallest absolute Gasteiger partial charge is 0.275 e. The average molecular weight is 265 g/mol. The van der Waals surface area contributed by atoms with Crippen LogP contribution >= 0.6 is 0 Å². The van der Waals surface area contributed by atoms with Gasteiger partial charge in [-0.3, -0.25) is 9.59 Å². The summed E-state index contributed by atoms with van der Waals surface area (Å²) in [5.74, 6) is -0.577. The minimum absolute atomic E-state index is 0.0625. The number of nitrogens with zero attached hydrogens (tertiary/aromatic N) is 2. The number of nitrogens with one attached hydrogen (secondary N) is 1. The number of aromatic nitrogens is 1. The molecule has 0 fully saturated rings. The van der Waals surface area contributed by atoms with E-state index in [1.807, 2.05) is 30.3 Å². The van der Waals surface area contributed by atoms with E-state index in [1.54, 1.807) is 12.1 Å². The Labute approximate surface area is 115 Å². The quantitative estimate of drug-likeness (QED) is 0.855. The van der Waals surface area contributed by atoms with Gasteiger partial charge in [0.1, 0.15) is 5.69 Å². The monoisotopic (exact) mass is 265 g/mol. The molecule has 1 aromatic carbocycles. The van der Waals surface area contributed by atoms with Gasteiger partial charge in [-0.15, -0.1) is 0 Å². The van der Waals surface area contributed by atoms with E-state index >= 15 is 0 Å². The summed E-state index contributed by atoms with van der Waals surface area (Å²) in [4.78, 5) is 31.8. The zero-order valence-electron chi connectivity index (χ0n) is 10.5. The maximum absolute atomic E-state index is 12.1. The van der Waals surface area contributed by atoms with Crippen LogP contribution in [0.3, 0.4) is 0 Å². The average Bonchev–Trinajstić information content (AvgIpc) is 2.49. The zero-order chi connectivity index (χ0) is 13.9. The van der Waals surface area contributed by atoms with Crippen molar-refractivity contribution in [3.63, 3.8) is 0 Å². The predicted molar refractivity (Wildman–Crippen MR) is 75.4 cm³/mol. The third kappa shape index (κ3) is 2.33. The van der Waals surface area contributed by atoms with Crippen LogP contribution in [-0.2, 0) is 4.79 Å². The standard InChI is InChI=1S/C15H11N3O2/c19-13-6-3-9-16-14(13)18-15(20)12-8-7-10-4-1-2-5-11(10)17-12/h1-5,7-9H,6H2,(H,16,18,20). The summed E-state index contributed by atoms with van der Waals surface area (Å²) in [6.07, 6.45) is 3.40. The van der Waals surface area contributed by atoms with Crippen LogP contribution in [0.25, 0.3) is 10.9 Å². The second-order valence-corrected chi connectivity index (χ2v) is 4.33. The number of amidine groups is 1. The number of ketones is 1. The Morgan fingerprint density at radius 3 is 2.85 bits per heavy atom. The predicted octanol–water partition coefficient (Wildman–Crippen LogP) is 1.85. The molecule has 1 aliphatic heterocycles. The van der Waals surface area contributed by atoms with Crippen molar-refractivity contribution in [2.75, 3.05) is 0 Å². The highest BCUT2D eigenvalue weighted by atomic mass is 16.2. The molecule has 5 nitrogen and oxygen atoms in total. The molecule has 3 rings (SSSR count). The molecule has 1 aliphatic rings. The number of hydrogen-bond donors (Lipinski definition) is 1. The second-order valence-electron chi connectivity index (χ2n) is 4.33. The number of para-hydroxylation sites is 1. The molecule has 2 aromatic rings. The molecule has 1 amide bonds. The van der Waals surface area contributed by atoms with E-state index in [9.17, 15) is 9.59 Å². The van der Waals surface area contributed by atoms with E-state index in [0.717, 1.165) is 10.9 Å². The Bertz CT molecular complexity index is 763. The van der Waals surface area contributed by atoms with Gasteiger partial charge in [-0.2, -0.15) is 0 Å².